The van der Waals surface area contributed by atoms with Crippen LogP contribution in [-0.2, 0) is 0 Å². The fourth-order valence-corrected chi connectivity index (χ4v) is 2.16. The number of fused-ring (bicyclic) bond motifs is 1. The maximum absolute atomic E-state index is 13.6. The van der Waals surface area contributed by atoms with Gasteiger partial charge in [-0.2, -0.15) is 0 Å². The number of nitrogens with one attached hydrogen (secondary N) is 1. The number of hydrogen-bond donors (Lipinski definition) is 1. The van der Waals surface area contributed by atoms with E-state index in [9.17, 15) is 4.39 Å². The topological polar surface area (TPSA) is 30.5 Å². The van der Waals surface area contributed by atoms with Crippen molar-refractivity contribution < 1.29 is 13.9 Å². The van der Waals surface area contributed by atoms with Crippen LogP contribution in [-0.4, -0.2) is 19.9 Å². The summed E-state index contributed by atoms with van der Waals surface area (Å²) in [5.41, 5.74) is 1.00. The first kappa shape index (κ1) is 11.5. The Balaban J connectivity index is 0.000000963. The first-order valence-electron chi connectivity index (χ1n) is 5.14. The zero-order valence-electron chi connectivity index (χ0n) is 8.66. The Morgan fingerprint density at radius 2 is 2.19 bits per heavy atom. The van der Waals surface area contributed by atoms with Crippen LogP contribution in [0.25, 0.3) is 0 Å². The zero-order chi connectivity index (χ0) is 10.3. The Bertz CT molecular complexity index is 394. The molecule has 1 aromatic carbocycles. The molecule has 0 saturated carbocycles. The summed E-state index contributed by atoms with van der Waals surface area (Å²) in [4.78, 5) is 0. The van der Waals surface area contributed by atoms with E-state index in [1.54, 1.807) is 6.07 Å². The van der Waals surface area contributed by atoms with Gasteiger partial charge in [-0.15, -0.1) is 12.4 Å². The fourth-order valence-electron chi connectivity index (χ4n) is 2.16. The molecule has 0 bridgehead atoms. The lowest BCUT2D eigenvalue weighted by Gasteiger charge is -2.09. The molecule has 1 unspecified atom stereocenters. The fraction of sp³-hybridized carbons (Fsp3) is 0.455. The summed E-state index contributed by atoms with van der Waals surface area (Å²) in [6.45, 7) is 2.04. The molecule has 2 aliphatic heterocycles. The standard InChI is InChI=1S/C11H12FNO2.ClH/c12-9-3-8(7-1-2-13-5-7)4-10-11(9)15-6-14-10;/h3-4,7,13H,1-2,5-6H2;1H. The van der Waals surface area contributed by atoms with Crippen molar-refractivity contribution in [3.05, 3.63) is 23.5 Å². The van der Waals surface area contributed by atoms with Gasteiger partial charge >= 0.3 is 0 Å². The van der Waals surface area contributed by atoms with Gasteiger partial charge in [-0.25, -0.2) is 4.39 Å². The largest absolute Gasteiger partial charge is 0.453 e. The Morgan fingerprint density at radius 1 is 1.31 bits per heavy atom. The number of ether oxygens (including phenoxy) is 2. The van der Waals surface area contributed by atoms with E-state index in [1.807, 2.05) is 6.07 Å². The molecule has 0 aromatic heterocycles. The SMILES string of the molecule is Cl.Fc1cc(C2CCNC2)cc2c1OCO2. The van der Waals surface area contributed by atoms with Crippen molar-refractivity contribution >= 4 is 12.4 Å². The van der Waals surface area contributed by atoms with Gasteiger partial charge in [0.05, 0.1) is 0 Å². The summed E-state index contributed by atoms with van der Waals surface area (Å²) < 4.78 is 23.8. The highest BCUT2D eigenvalue weighted by molar-refractivity contribution is 5.85. The molecular formula is C11H13ClFNO2. The molecule has 0 spiro atoms. The van der Waals surface area contributed by atoms with Gasteiger partial charge in [0.1, 0.15) is 0 Å². The first-order valence-corrected chi connectivity index (χ1v) is 5.14. The first-order chi connectivity index (χ1) is 7.34. The summed E-state index contributed by atoms with van der Waals surface area (Å²) in [7, 11) is 0. The van der Waals surface area contributed by atoms with E-state index in [0.717, 1.165) is 25.1 Å². The minimum Gasteiger partial charge on any atom is -0.453 e. The second-order valence-electron chi connectivity index (χ2n) is 3.93. The molecule has 0 amide bonds. The Morgan fingerprint density at radius 3 is 2.94 bits per heavy atom. The highest BCUT2D eigenvalue weighted by Crippen LogP contribution is 2.38. The minimum atomic E-state index is -0.313. The molecule has 2 heterocycles. The highest BCUT2D eigenvalue weighted by Gasteiger charge is 2.24. The maximum atomic E-state index is 13.6. The third kappa shape index (κ3) is 1.83. The molecule has 2 aliphatic rings. The van der Waals surface area contributed by atoms with E-state index in [4.69, 9.17) is 9.47 Å². The lowest BCUT2D eigenvalue weighted by atomic mass is 9.98. The molecule has 16 heavy (non-hydrogen) atoms. The third-order valence-electron chi connectivity index (χ3n) is 2.98. The van der Waals surface area contributed by atoms with Gasteiger partial charge in [0, 0.05) is 6.54 Å². The van der Waals surface area contributed by atoms with Crippen LogP contribution in [0, 0.1) is 5.82 Å². The molecule has 0 radical (unpaired) electrons. The van der Waals surface area contributed by atoms with Crippen LogP contribution in [0.1, 0.15) is 17.9 Å². The van der Waals surface area contributed by atoms with Gasteiger partial charge in [-0.3, -0.25) is 0 Å². The lowest BCUT2D eigenvalue weighted by Crippen LogP contribution is -2.08. The van der Waals surface area contributed by atoms with E-state index in [0.29, 0.717) is 11.7 Å². The number of halogens is 2. The number of hydrogen-bond acceptors (Lipinski definition) is 3. The summed E-state index contributed by atoms with van der Waals surface area (Å²) in [6.07, 6.45) is 1.05. The second-order valence-corrected chi connectivity index (χ2v) is 3.93. The predicted molar refractivity (Wildman–Crippen MR) is 60.0 cm³/mol. The summed E-state index contributed by atoms with van der Waals surface area (Å²) in [6, 6.07) is 3.45. The molecule has 88 valence electrons. The normalized spacial score (nSPS) is 21.9. The summed E-state index contributed by atoms with van der Waals surface area (Å²) in [5.74, 6) is 0.877. The molecule has 1 atom stereocenters. The molecule has 1 aromatic rings. The van der Waals surface area contributed by atoms with E-state index < -0.39 is 0 Å². The van der Waals surface area contributed by atoms with E-state index in [-0.39, 0.29) is 30.8 Å². The molecule has 5 heteroatoms. The Kier molecular flexibility index (Phi) is 3.21. The van der Waals surface area contributed by atoms with Gasteiger partial charge in [0.25, 0.3) is 0 Å². The average molecular weight is 246 g/mol. The Hall–Kier alpha value is -1.00. The zero-order valence-corrected chi connectivity index (χ0v) is 9.48. The van der Waals surface area contributed by atoms with Crippen molar-refractivity contribution in [2.75, 3.05) is 19.9 Å². The molecule has 0 aliphatic carbocycles. The maximum Gasteiger partial charge on any atom is 0.231 e. The van der Waals surface area contributed by atoms with Crippen molar-refractivity contribution in [2.45, 2.75) is 12.3 Å². The number of benzene rings is 1. The highest BCUT2D eigenvalue weighted by atomic mass is 35.5. The van der Waals surface area contributed by atoms with Crippen molar-refractivity contribution in [1.29, 1.82) is 0 Å². The van der Waals surface area contributed by atoms with Crippen LogP contribution in [0.3, 0.4) is 0 Å². The lowest BCUT2D eigenvalue weighted by molar-refractivity contribution is 0.171. The van der Waals surface area contributed by atoms with E-state index >= 15 is 0 Å². The van der Waals surface area contributed by atoms with Gasteiger partial charge < -0.3 is 14.8 Å². The van der Waals surface area contributed by atoms with Crippen LogP contribution in [0.4, 0.5) is 4.39 Å². The van der Waals surface area contributed by atoms with E-state index in [1.165, 1.54) is 0 Å². The second kappa shape index (κ2) is 4.47. The van der Waals surface area contributed by atoms with Crippen molar-refractivity contribution in [3.63, 3.8) is 0 Å². The van der Waals surface area contributed by atoms with Crippen molar-refractivity contribution in [1.82, 2.24) is 5.32 Å². The van der Waals surface area contributed by atoms with Crippen LogP contribution in [0.2, 0.25) is 0 Å². The van der Waals surface area contributed by atoms with Crippen LogP contribution < -0.4 is 14.8 Å². The smallest absolute Gasteiger partial charge is 0.231 e. The minimum absolute atomic E-state index is 0. The van der Waals surface area contributed by atoms with Gasteiger partial charge in [-0.1, -0.05) is 0 Å². The van der Waals surface area contributed by atoms with Gasteiger partial charge in [-0.05, 0) is 36.6 Å². The molecule has 1 fully saturated rings. The molecule has 3 rings (SSSR count). The monoisotopic (exact) mass is 245 g/mol. The molecule has 3 nitrogen and oxygen atoms in total. The van der Waals surface area contributed by atoms with Gasteiger partial charge in [0.15, 0.2) is 11.6 Å². The summed E-state index contributed by atoms with van der Waals surface area (Å²) >= 11 is 0. The van der Waals surface area contributed by atoms with Crippen LogP contribution >= 0.6 is 12.4 Å². The Labute approximate surface area is 99.3 Å². The number of rotatable bonds is 1. The average Bonchev–Trinajstić information content (AvgIpc) is 2.88. The predicted octanol–water partition coefficient (Wildman–Crippen LogP) is 2.05. The summed E-state index contributed by atoms with van der Waals surface area (Å²) in [5, 5.41) is 3.26. The van der Waals surface area contributed by atoms with Gasteiger partial charge in [0.2, 0.25) is 12.5 Å². The van der Waals surface area contributed by atoms with Crippen molar-refractivity contribution in [3.8, 4) is 11.5 Å². The van der Waals surface area contributed by atoms with Crippen LogP contribution in [0.15, 0.2) is 12.1 Å². The van der Waals surface area contributed by atoms with Crippen molar-refractivity contribution in [2.24, 2.45) is 0 Å². The molecule has 1 N–H and O–H groups in total. The quantitative estimate of drug-likeness (QED) is 0.822. The molecular weight excluding hydrogens is 233 g/mol. The third-order valence-corrected chi connectivity index (χ3v) is 2.98. The molecule has 1 saturated heterocycles. The van der Waals surface area contributed by atoms with Crippen LogP contribution in [0.5, 0.6) is 11.5 Å². The van der Waals surface area contributed by atoms with E-state index in [2.05, 4.69) is 5.32 Å².